The maximum absolute atomic E-state index is 11.1. The number of benzene rings is 3. The quantitative estimate of drug-likeness (QED) is 0.254. The topological polar surface area (TPSA) is 138 Å². The fraction of sp³-hybridized carbons (Fsp3) is 0.233. The normalized spacial score (nSPS) is 21.1. The van der Waals surface area contributed by atoms with Crippen LogP contribution < -0.4 is 10.5 Å². The SMILES string of the molecule is COc1ccc(C(OC[C@H]2O[C@@H](n3cnc4c(N)ncnc43)C(O)C2O)(c2ccccc2)c2ccccc2)cc1. The maximum Gasteiger partial charge on any atom is 0.167 e. The number of aromatic nitrogens is 4. The van der Waals surface area contributed by atoms with Gasteiger partial charge in [0.05, 0.1) is 20.0 Å². The van der Waals surface area contributed by atoms with Gasteiger partial charge in [-0.15, -0.1) is 0 Å². The number of anilines is 1. The number of nitrogen functional groups attached to an aromatic ring is 1. The van der Waals surface area contributed by atoms with Gasteiger partial charge in [0.2, 0.25) is 0 Å². The number of ether oxygens (including phenoxy) is 3. The van der Waals surface area contributed by atoms with Gasteiger partial charge in [-0.2, -0.15) is 0 Å². The van der Waals surface area contributed by atoms with Crippen LogP contribution in [0.2, 0.25) is 0 Å². The molecule has 6 rings (SSSR count). The van der Waals surface area contributed by atoms with Gasteiger partial charge < -0.3 is 30.2 Å². The molecular formula is C30H29N5O5. The molecule has 0 saturated carbocycles. The van der Waals surface area contributed by atoms with Gasteiger partial charge in [-0.05, 0) is 28.8 Å². The smallest absolute Gasteiger partial charge is 0.167 e. The first-order valence-corrected chi connectivity index (χ1v) is 12.9. The van der Waals surface area contributed by atoms with Crippen LogP contribution >= 0.6 is 0 Å². The van der Waals surface area contributed by atoms with E-state index in [1.54, 1.807) is 11.7 Å². The summed E-state index contributed by atoms with van der Waals surface area (Å²) < 4.78 is 20.0. The summed E-state index contributed by atoms with van der Waals surface area (Å²) >= 11 is 0. The minimum absolute atomic E-state index is 0.0334. The highest BCUT2D eigenvalue weighted by atomic mass is 16.6. The van der Waals surface area contributed by atoms with Crippen molar-refractivity contribution in [2.24, 2.45) is 0 Å². The highest BCUT2D eigenvalue weighted by molar-refractivity contribution is 5.81. The van der Waals surface area contributed by atoms with E-state index in [-0.39, 0.29) is 12.4 Å². The van der Waals surface area contributed by atoms with E-state index >= 15 is 0 Å². The molecule has 4 atom stereocenters. The molecule has 5 aromatic rings. The Bertz CT molecular complexity index is 1540. The summed E-state index contributed by atoms with van der Waals surface area (Å²) in [6, 6.07) is 27.4. The van der Waals surface area contributed by atoms with Crippen molar-refractivity contribution in [3.63, 3.8) is 0 Å². The molecule has 0 aliphatic carbocycles. The number of fused-ring (bicyclic) bond motifs is 1. The van der Waals surface area contributed by atoms with E-state index in [0.29, 0.717) is 11.2 Å². The average Bonchev–Trinajstić information content (AvgIpc) is 3.56. The molecule has 4 N–H and O–H groups in total. The third kappa shape index (κ3) is 4.37. The van der Waals surface area contributed by atoms with Crippen LogP contribution in [0.25, 0.3) is 11.2 Å². The number of aliphatic hydroxyl groups excluding tert-OH is 2. The molecule has 40 heavy (non-hydrogen) atoms. The van der Waals surface area contributed by atoms with Gasteiger partial charge in [-0.25, -0.2) is 15.0 Å². The van der Waals surface area contributed by atoms with Gasteiger partial charge in [0, 0.05) is 0 Å². The van der Waals surface area contributed by atoms with E-state index in [1.165, 1.54) is 12.7 Å². The summed E-state index contributed by atoms with van der Waals surface area (Å²) in [5.41, 5.74) is 8.31. The average molecular weight is 540 g/mol. The number of methoxy groups -OCH3 is 1. The Hall–Kier alpha value is -4.35. The van der Waals surface area contributed by atoms with Crippen LogP contribution in [-0.2, 0) is 15.1 Å². The van der Waals surface area contributed by atoms with Gasteiger partial charge in [0.25, 0.3) is 0 Å². The molecule has 2 unspecified atom stereocenters. The van der Waals surface area contributed by atoms with Crippen molar-refractivity contribution in [1.82, 2.24) is 19.5 Å². The predicted molar refractivity (Wildman–Crippen MR) is 147 cm³/mol. The zero-order valence-electron chi connectivity index (χ0n) is 21.7. The van der Waals surface area contributed by atoms with E-state index in [4.69, 9.17) is 19.9 Å². The first-order valence-electron chi connectivity index (χ1n) is 12.9. The molecule has 3 aromatic carbocycles. The summed E-state index contributed by atoms with van der Waals surface area (Å²) in [6.07, 6.45) is -1.52. The molecule has 0 amide bonds. The first-order chi connectivity index (χ1) is 19.5. The highest BCUT2D eigenvalue weighted by Crippen LogP contribution is 2.42. The lowest BCUT2D eigenvalue weighted by molar-refractivity contribution is -0.0942. The van der Waals surface area contributed by atoms with Crippen molar-refractivity contribution >= 4 is 17.0 Å². The third-order valence-corrected chi connectivity index (χ3v) is 7.32. The lowest BCUT2D eigenvalue weighted by Crippen LogP contribution is -2.39. The molecule has 10 nitrogen and oxygen atoms in total. The van der Waals surface area contributed by atoms with E-state index in [2.05, 4.69) is 15.0 Å². The second-order valence-corrected chi connectivity index (χ2v) is 9.58. The summed E-state index contributed by atoms with van der Waals surface area (Å²) in [6.45, 7) is -0.0334. The van der Waals surface area contributed by atoms with Crippen molar-refractivity contribution in [3.8, 4) is 5.75 Å². The highest BCUT2D eigenvalue weighted by Gasteiger charge is 2.46. The van der Waals surface area contributed by atoms with Gasteiger partial charge in [-0.3, -0.25) is 4.57 Å². The molecule has 204 valence electrons. The fourth-order valence-corrected chi connectivity index (χ4v) is 5.28. The standard InChI is InChI=1S/C30H29N5O5/c1-38-22-14-12-21(13-15-22)30(19-8-4-2-5-9-19,20-10-6-3-7-11-20)39-16-23-25(36)26(37)29(40-23)35-18-34-24-27(31)32-17-33-28(24)35/h2-15,17-18,23,25-26,29,36-37H,16H2,1H3,(H2,31,32,33)/t23-,25?,26?,29-/m1/s1. The first kappa shape index (κ1) is 25.9. The summed E-state index contributed by atoms with van der Waals surface area (Å²) in [5, 5.41) is 22.1. The maximum atomic E-state index is 11.1. The molecule has 0 radical (unpaired) electrons. The summed E-state index contributed by atoms with van der Waals surface area (Å²) in [7, 11) is 1.62. The van der Waals surface area contributed by atoms with E-state index < -0.39 is 30.1 Å². The molecular weight excluding hydrogens is 510 g/mol. The molecule has 0 bridgehead atoms. The van der Waals surface area contributed by atoms with Gasteiger partial charge in [0.1, 0.15) is 41.5 Å². The van der Waals surface area contributed by atoms with Crippen LogP contribution in [0.1, 0.15) is 22.9 Å². The molecule has 1 saturated heterocycles. The Balaban J connectivity index is 1.37. The van der Waals surface area contributed by atoms with Gasteiger partial charge >= 0.3 is 0 Å². The number of nitrogens with zero attached hydrogens (tertiary/aromatic N) is 4. The van der Waals surface area contributed by atoms with E-state index in [0.717, 1.165) is 22.4 Å². The molecule has 10 heteroatoms. The molecule has 1 aliphatic heterocycles. The van der Waals surface area contributed by atoms with E-state index in [1.807, 2.05) is 84.9 Å². The Labute approximate surface area is 230 Å². The van der Waals surface area contributed by atoms with Crippen LogP contribution in [-0.4, -0.2) is 61.8 Å². The molecule has 2 aromatic heterocycles. The number of imidazole rings is 1. The summed E-state index contributed by atoms with van der Waals surface area (Å²) in [4.78, 5) is 12.5. The molecule has 0 spiro atoms. The van der Waals surface area contributed by atoms with Crippen LogP contribution in [0.3, 0.4) is 0 Å². The summed E-state index contributed by atoms with van der Waals surface area (Å²) in [5.74, 6) is 0.933. The van der Waals surface area contributed by atoms with E-state index in [9.17, 15) is 10.2 Å². The van der Waals surface area contributed by atoms with Crippen LogP contribution in [0.4, 0.5) is 5.82 Å². The number of hydrogen-bond acceptors (Lipinski definition) is 9. The number of aliphatic hydroxyl groups is 2. The van der Waals surface area contributed by atoms with Crippen molar-refractivity contribution in [1.29, 1.82) is 0 Å². The fourth-order valence-electron chi connectivity index (χ4n) is 5.28. The molecule has 1 fully saturated rings. The second kappa shape index (κ2) is 10.7. The largest absolute Gasteiger partial charge is 0.497 e. The Morgan fingerprint density at radius 3 is 2.10 bits per heavy atom. The number of hydrogen-bond donors (Lipinski definition) is 3. The lowest BCUT2D eigenvalue weighted by Gasteiger charge is -2.37. The van der Waals surface area contributed by atoms with Crippen molar-refractivity contribution < 1.29 is 24.4 Å². The zero-order valence-corrected chi connectivity index (χ0v) is 21.7. The second-order valence-electron chi connectivity index (χ2n) is 9.58. The minimum Gasteiger partial charge on any atom is -0.497 e. The van der Waals surface area contributed by atoms with Crippen LogP contribution in [0, 0.1) is 0 Å². The Kier molecular flexibility index (Phi) is 6.91. The third-order valence-electron chi connectivity index (χ3n) is 7.32. The van der Waals surface area contributed by atoms with Gasteiger partial charge in [-0.1, -0.05) is 72.8 Å². The van der Waals surface area contributed by atoms with Crippen molar-refractivity contribution in [3.05, 3.63) is 114 Å². The lowest BCUT2D eigenvalue weighted by atomic mass is 9.80. The van der Waals surface area contributed by atoms with Gasteiger partial charge in [0.15, 0.2) is 17.7 Å². The zero-order chi connectivity index (χ0) is 27.7. The Morgan fingerprint density at radius 1 is 0.850 bits per heavy atom. The number of rotatable bonds is 8. The predicted octanol–water partition coefficient (Wildman–Crippen LogP) is 3.05. The number of nitrogens with two attached hydrogens (primary N) is 1. The Morgan fingerprint density at radius 2 is 1.48 bits per heavy atom. The van der Waals surface area contributed by atoms with Crippen LogP contribution in [0.15, 0.2) is 97.6 Å². The monoisotopic (exact) mass is 539 g/mol. The minimum atomic E-state index is -1.26. The molecule has 3 heterocycles. The molecule has 1 aliphatic rings. The van der Waals surface area contributed by atoms with Crippen molar-refractivity contribution in [2.45, 2.75) is 30.1 Å². The van der Waals surface area contributed by atoms with Crippen LogP contribution in [0.5, 0.6) is 5.75 Å². The van der Waals surface area contributed by atoms with Crippen molar-refractivity contribution in [2.75, 3.05) is 19.5 Å².